The molecule has 0 fully saturated rings. The van der Waals surface area contributed by atoms with Crippen molar-refractivity contribution in [3.05, 3.63) is 53.6 Å². The van der Waals surface area contributed by atoms with Crippen LogP contribution in [0.2, 0.25) is 0 Å². The molecule has 2 aromatic carbocycles. The van der Waals surface area contributed by atoms with Gasteiger partial charge in [-0.15, -0.1) is 0 Å². The largest absolute Gasteiger partial charge is 0.494 e. The van der Waals surface area contributed by atoms with Gasteiger partial charge < -0.3 is 19.5 Å². The molecule has 26 heavy (non-hydrogen) atoms. The van der Waals surface area contributed by atoms with Crippen LogP contribution in [0.15, 0.2) is 42.5 Å². The fourth-order valence-corrected chi connectivity index (χ4v) is 2.99. The Hall–Kier alpha value is -2.69. The molecule has 3 rings (SSSR count). The molecule has 1 amide bonds. The molecule has 0 bridgehead atoms. The summed E-state index contributed by atoms with van der Waals surface area (Å²) in [6.45, 7) is 6.67. The van der Waals surface area contributed by atoms with Crippen molar-refractivity contribution in [1.82, 2.24) is 5.32 Å². The van der Waals surface area contributed by atoms with E-state index in [1.807, 2.05) is 56.3 Å². The average Bonchev–Trinajstić information content (AvgIpc) is 2.99. The van der Waals surface area contributed by atoms with Crippen LogP contribution in [0.3, 0.4) is 0 Å². The van der Waals surface area contributed by atoms with E-state index in [-0.39, 0.29) is 12.0 Å². The quantitative estimate of drug-likeness (QED) is 0.826. The van der Waals surface area contributed by atoms with Crippen molar-refractivity contribution in [2.45, 2.75) is 45.9 Å². The van der Waals surface area contributed by atoms with Gasteiger partial charge in [0.2, 0.25) is 0 Å². The van der Waals surface area contributed by atoms with Crippen LogP contribution in [0.5, 0.6) is 17.2 Å². The Morgan fingerprint density at radius 1 is 1.31 bits per heavy atom. The van der Waals surface area contributed by atoms with Crippen molar-refractivity contribution >= 4 is 5.91 Å². The molecule has 138 valence electrons. The lowest BCUT2D eigenvalue weighted by Crippen LogP contribution is -2.36. The van der Waals surface area contributed by atoms with Crippen LogP contribution in [0.1, 0.15) is 31.9 Å². The van der Waals surface area contributed by atoms with E-state index in [0.29, 0.717) is 18.9 Å². The Labute approximate surface area is 154 Å². The second kappa shape index (κ2) is 8.13. The minimum Gasteiger partial charge on any atom is -0.494 e. The molecule has 0 unspecified atom stereocenters. The second-order valence-electron chi connectivity index (χ2n) is 6.42. The molecule has 0 spiro atoms. The number of fused-ring (bicyclic) bond motifs is 1. The molecule has 0 aromatic heterocycles. The predicted octanol–water partition coefficient (Wildman–Crippen LogP) is 3.49. The Bertz CT molecular complexity index is 760. The van der Waals surface area contributed by atoms with Crippen molar-refractivity contribution in [1.29, 1.82) is 0 Å². The third-order valence-corrected chi connectivity index (χ3v) is 4.26. The van der Waals surface area contributed by atoms with Gasteiger partial charge in [-0.1, -0.05) is 18.2 Å². The van der Waals surface area contributed by atoms with Gasteiger partial charge in [-0.2, -0.15) is 0 Å². The fourth-order valence-electron chi connectivity index (χ4n) is 2.99. The molecule has 0 radical (unpaired) electrons. The van der Waals surface area contributed by atoms with Gasteiger partial charge in [-0.05, 0) is 45.0 Å². The highest BCUT2D eigenvalue weighted by Crippen LogP contribution is 2.35. The van der Waals surface area contributed by atoms with Gasteiger partial charge in [-0.3, -0.25) is 4.79 Å². The number of ether oxygens (including phenoxy) is 3. The van der Waals surface area contributed by atoms with Gasteiger partial charge in [0.25, 0.3) is 5.91 Å². The van der Waals surface area contributed by atoms with Gasteiger partial charge in [0.15, 0.2) is 6.10 Å². The summed E-state index contributed by atoms with van der Waals surface area (Å²) in [5.41, 5.74) is 2.05. The summed E-state index contributed by atoms with van der Waals surface area (Å²) < 4.78 is 17.2. The zero-order valence-corrected chi connectivity index (χ0v) is 15.5. The fraction of sp³-hybridized carbons (Fsp3) is 0.381. The van der Waals surface area contributed by atoms with E-state index in [1.54, 1.807) is 6.92 Å². The minimum atomic E-state index is -0.585. The summed E-state index contributed by atoms with van der Waals surface area (Å²) in [4.78, 5) is 12.4. The average molecular weight is 355 g/mol. The lowest BCUT2D eigenvalue weighted by molar-refractivity contribution is -0.127. The summed E-state index contributed by atoms with van der Waals surface area (Å²) in [6.07, 6.45) is 0.464. The molecule has 0 saturated carbocycles. The zero-order valence-electron chi connectivity index (χ0n) is 15.5. The summed E-state index contributed by atoms with van der Waals surface area (Å²) in [5, 5.41) is 2.92. The first-order valence-corrected chi connectivity index (χ1v) is 9.01. The lowest BCUT2D eigenvalue weighted by atomic mass is 10.1. The molecule has 5 nitrogen and oxygen atoms in total. The van der Waals surface area contributed by atoms with Gasteiger partial charge >= 0.3 is 0 Å². The highest BCUT2D eigenvalue weighted by atomic mass is 16.5. The van der Waals surface area contributed by atoms with Crippen molar-refractivity contribution < 1.29 is 19.0 Å². The van der Waals surface area contributed by atoms with Crippen LogP contribution in [-0.4, -0.2) is 24.7 Å². The molecule has 2 atom stereocenters. The van der Waals surface area contributed by atoms with Crippen LogP contribution < -0.4 is 19.5 Å². The summed E-state index contributed by atoms with van der Waals surface area (Å²) in [5.74, 6) is 2.16. The monoisotopic (exact) mass is 355 g/mol. The topological polar surface area (TPSA) is 56.8 Å². The molecule has 0 saturated heterocycles. The number of benzene rings is 2. The number of amides is 1. The van der Waals surface area contributed by atoms with E-state index in [2.05, 4.69) is 5.32 Å². The number of carbonyl (C=O) groups excluding carboxylic acids is 1. The van der Waals surface area contributed by atoms with E-state index in [4.69, 9.17) is 14.2 Å². The Balaban J connectivity index is 1.65. The standard InChI is InChI=1S/C21H25NO4/c1-4-24-19-11-16-10-14(2)25-20(16)12-17(19)13-22-21(23)15(3)26-18-8-6-5-7-9-18/h5-9,11-12,14-15H,4,10,13H2,1-3H3,(H,22,23)/t14-,15-/m0/s1. The molecule has 5 heteroatoms. The first kappa shape index (κ1) is 18.1. The number of hydrogen-bond donors (Lipinski definition) is 1. The number of carbonyl (C=O) groups is 1. The van der Waals surface area contributed by atoms with Crippen LogP contribution in [-0.2, 0) is 17.8 Å². The summed E-state index contributed by atoms with van der Waals surface area (Å²) >= 11 is 0. The van der Waals surface area contributed by atoms with Crippen molar-refractivity contribution in [3.8, 4) is 17.2 Å². The molecular weight excluding hydrogens is 330 g/mol. The number of rotatable bonds is 7. The second-order valence-corrected chi connectivity index (χ2v) is 6.42. The number of para-hydroxylation sites is 1. The third-order valence-electron chi connectivity index (χ3n) is 4.26. The normalized spacial score (nSPS) is 16.3. The van der Waals surface area contributed by atoms with E-state index in [0.717, 1.165) is 29.0 Å². The highest BCUT2D eigenvalue weighted by Gasteiger charge is 2.22. The molecular formula is C21H25NO4. The minimum absolute atomic E-state index is 0.170. The maximum atomic E-state index is 12.4. The van der Waals surface area contributed by atoms with E-state index in [9.17, 15) is 4.79 Å². The van der Waals surface area contributed by atoms with E-state index >= 15 is 0 Å². The SMILES string of the molecule is CCOc1cc2c(cc1CNC(=O)[C@H](C)Oc1ccccc1)O[C@@H](C)C2. The van der Waals surface area contributed by atoms with E-state index in [1.165, 1.54) is 0 Å². The zero-order chi connectivity index (χ0) is 18.5. The molecule has 0 aliphatic carbocycles. The Morgan fingerprint density at radius 2 is 2.08 bits per heavy atom. The first-order valence-electron chi connectivity index (χ1n) is 9.01. The Morgan fingerprint density at radius 3 is 2.81 bits per heavy atom. The first-order chi connectivity index (χ1) is 12.6. The predicted molar refractivity (Wildman–Crippen MR) is 99.8 cm³/mol. The molecule has 1 aliphatic heterocycles. The lowest BCUT2D eigenvalue weighted by Gasteiger charge is -2.16. The number of hydrogen-bond acceptors (Lipinski definition) is 4. The number of nitrogens with one attached hydrogen (secondary N) is 1. The van der Waals surface area contributed by atoms with Gasteiger partial charge in [-0.25, -0.2) is 0 Å². The van der Waals surface area contributed by atoms with Crippen LogP contribution in [0.4, 0.5) is 0 Å². The van der Waals surface area contributed by atoms with Crippen LogP contribution in [0.25, 0.3) is 0 Å². The Kier molecular flexibility index (Phi) is 5.66. The van der Waals surface area contributed by atoms with Crippen molar-refractivity contribution in [2.24, 2.45) is 0 Å². The van der Waals surface area contributed by atoms with Crippen LogP contribution >= 0.6 is 0 Å². The summed E-state index contributed by atoms with van der Waals surface area (Å²) in [6, 6.07) is 13.3. The van der Waals surface area contributed by atoms with Gasteiger partial charge in [0.05, 0.1) is 6.61 Å². The summed E-state index contributed by atoms with van der Waals surface area (Å²) in [7, 11) is 0. The van der Waals surface area contributed by atoms with Gasteiger partial charge in [0.1, 0.15) is 23.4 Å². The molecule has 1 heterocycles. The molecule has 1 N–H and O–H groups in total. The maximum Gasteiger partial charge on any atom is 0.261 e. The van der Waals surface area contributed by atoms with E-state index < -0.39 is 6.10 Å². The van der Waals surface area contributed by atoms with Crippen LogP contribution in [0, 0.1) is 0 Å². The van der Waals surface area contributed by atoms with Gasteiger partial charge in [0, 0.05) is 24.1 Å². The smallest absolute Gasteiger partial charge is 0.261 e. The highest BCUT2D eigenvalue weighted by molar-refractivity contribution is 5.80. The third kappa shape index (κ3) is 4.28. The van der Waals surface area contributed by atoms with Crippen molar-refractivity contribution in [2.75, 3.05) is 6.61 Å². The molecule has 2 aromatic rings. The van der Waals surface area contributed by atoms with Crippen molar-refractivity contribution in [3.63, 3.8) is 0 Å². The molecule has 1 aliphatic rings. The maximum absolute atomic E-state index is 12.4.